The molecule has 1 aromatic heterocycles. The van der Waals surface area contributed by atoms with Gasteiger partial charge in [0.25, 0.3) is 5.91 Å². The molecule has 0 atom stereocenters. The van der Waals surface area contributed by atoms with Crippen LogP contribution in [0.3, 0.4) is 0 Å². The van der Waals surface area contributed by atoms with Crippen LogP contribution in [0.5, 0.6) is 0 Å². The summed E-state index contributed by atoms with van der Waals surface area (Å²) in [6.07, 6.45) is 2.40. The highest BCUT2D eigenvalue weighted by molar-refractivity contribution is 7.13. The van der Waals surface area contributed by atoms with E-state index in [4.69, 9.17) is 16.7 Å². The maximum absolute atomic E-state index is 11.7. The Kier molecular flexibility index (Phi) is 6.15. The number of amides is 1. The van der Waals surface area contributed by atoms with Crippen molar-refractivity contribution in [3.8, 4) is 0 Å². The van der Waals surface area contributed by atoms with Crippen LogP contribution in [0.1, 0.15) is 40.9 Å². The number of carboxylic acid groups (broad SMARTS) is 1. The summed E-state index contributed by atoms with van der Waals surface area (Å²) in [5.41, 5.74) is 0.910. The van der Waals surface area contributed by atoms with Gasteiger partial charge in [-0.1, -0.05) is 18.0 Å². The van der Waals surface area contributed by atoms with Crippen molar-refractivity contribution in [1.29, 1.82) is 0 Å². The molecule has 0 spiro atoms. The number of carbonyl (C=O) groups is 2. The number of rotatable bonds is 7. The summed E-state index contributed by atoms with van der Waals surface area (Å²) >= 11 is 7.32. The van der Waals surface area contributed by atoms with Crippen molar-refractivity contribution < 1.29 is 14.7 Å². The number of thiophene rings is 1. The molecule has 0 saturated heterocycles. The number of aryl methyl sites for hydroxylation is 1. The topological polar surface area (TPSA) is 66.4 Å². The molecule has 0 aliphatic carbocycles. The number of hydrogen-bond donors (Lipinski definition) is 2. The zero-order valence-corrected chi connectivity index (χ0v) is 11.7. The summed E-state index contributed by atoms with van der Waals surface area (Å²) in [5.74, 6) is -0.934. The molecule has 0 aliphatic rings. The maximum Gasteiger partial charge on any atom is 0.303 e. The summed E-state index contributed by atoms with van der Waals surface area (Å²) in [7, 11) is 0. The summed E-state index contributed by atoms with van der Waals surface area (Å²) in [6, 6.07) is 0. The van der Waals surface area contributed by atoms with Crippen LogP contribution in [0.15, 0.2) is 5.38 Å². The van der Waals surface area contributed by atoms with E-state index < -0.39 is 5.97 Å². The zero-order valence-electron chi connectivity index (χ0n) is 10.2. The standard InChI is InChI=1S/C12H16ClNO3S/c1-8-7-18-11(10(8)13)12(17)14-6-4-2-3-5-9(15)16/h7H,2-6H2,1H3,(H,14,17)(H,15,16). The smallest absolute Gasteiger partial charge is 0.303 e. The average Bonchev–Trinajstić information content (AvgIpc) is 2.64. The number of hydrogen-bond acceptors (Lipinski definition) is 3. The Hall–Kier alpha value is -1.07. The molecule has 2 N–H and O–H groups in total. The molecular weight excluding hydrogens is 274 g/mol. The fraction of sp³-hybridized carbons (Fsp3) is 0.500. The molecule has 100 valence electrons. The molecule has 6 heteroatoms. The van der Waals surface area contributed by atoms with Crippen LogP contribution in [0.4, 0.5) is 0 Å². The van der Waals surface area contributed by atoms with E-state index in [1.807, 2.05) is 12.3 Å². The number of carbonyl (C=O) groups excluding carboxylic acids is 1. The molecule has 18 heavy (non-hydrogen) atoms. The van der Waals surface area contributed by atoms with Gasteiger partial charge in [-0.3, -0.25) is 9.59 Å². The summed E-state index contributed by atoms with van der Waals surface area (Å²) in [5, 5.41) is 13.6. The molecule has 0 radical (unpaired) electrons. The van der Waals surface area contributed by atoms with Crippen LogP contribution in [0.25, 0.3) is 0 Å². The summed E-state index contributed by atoms with van der Waals surface area (Å²) in [6.45, 7) is 2.41. The van der Waals surface area contributed by atoms with Crippen LogP contribution in [0.2, 0.25) is 5.02 Å². The number of aliphatic carboxylic acids is 1. The highest BCUT2D eigenvalue weighted by atomic mass is 35.5. The second-order valence-corrected chi connectivity index (χ2v) is 5.28. The SMILES string of the molecule is Cc1csc(C(=O)NCCCCCC(=O)O)c1Cl. The van der Waals surface area contributed by atoms with Crippen LogP contribution >= 0.6 is 22.9 Å². The van der Waals surface area contributed by atoms with Crippen molar-refractivity contribution in [2.75, 3.05) is 6.54 Å². The monoisotopic (exact) mass is 289 g/mol. The fourth-order valence-corrected chi connectivity index (χ4v) is 2.64. The molecule has 4 nitrogen and oxygen atoms in total. The van der Waals surface area contributed by atoms with Gasteiger partial charge in [0.1, 0.15) is 4.88 Å². The Morgan fingerprint density at radius 3 is 2.67 bits per heavy atom. The van der Waals surface area contributed by atoms with Crippen LogP contribution in [-0.4, -0.2) is 23.5 Å². The van der Waals surface area contributed by atoms with Gasteiger partial charge in [-0.15, -0.1) is 11.3 Å². The van der Waals surface area contributed by atoms with Gasteiger partial charge in [0.15, 0.2) is 0 Å². The quantitative estimate of drug-likeness (QED) is 0.758. The van der Waals surface area contributed by atoms with E-state index in [0.717, 1.165) is 18.4 Å². The van der Waals surface area contributed by atoms with Gasteiger partial charge in [-0.2, -0.15) is 0 Å². The number of halogens is 1. The lowest BCUT2D eigenvalue weighted by Gasteiger charge is -2.03. The van der Waals surface area contributed by atoms with Gasteiger partial charge in [0, 0.05) is 13.0 Å². The number of carboxylic acids is 1. The first-order valence-corrected chi connectivity index (χ1v) is 7.01. The Morgan fingerprint density at radius 1 is 1.39 bits per heavy atom. The van der Waals surface area contributed by atoms with Crippen molar-refractivity contribution in [1.82, 2.24) is 5.32 Å². The van der Waals surface area contributed by atoms with Gasteiger partial charge in [0.2, 0.25) is 0 Å². The van der Waals surface area contributed by atoms with Crippen molar-refractivity contribution in [3.63, 3.8) is 0 Å². The van der Waals surface area contributed by atoms with Crippen molar-refractivity contribution in [2.24, 2.45) is 0 Å². The Bertz CT molecular complexity index is 431. The third kappa shape index (κ3) is 4.66. The molecule has 1 aromatic rings. The summed E-state index contributed by atoms with van der Waals surface area (Å²) in [4.78, 5) is 22.6. The first-order valence-electron chi connectivity index (χ1n) is 5.76. The van der Waals surface area contributed by atoms with Crippen molar-refractivity contribution >= 4 is 34.8 Å². The highest BCUT2D eigenvalue weighted by Crippen LogP contribution is 2.26. The van der Waals surface area contributed by atoms with Crippen molar-refractivity contribution in [2.45, 2.75) is 32.6 Å². The van der Waals surface area contributed by atoms with E-state index >= 15 is 0 Å². The molecule has 0 unspecified atom stereocenters. The van der Waals surface area contributed by atoms with E-state index in [1.54, 1.807) is 0 Å². The minimum absolute atomic E-state index is 0.156. The molecule has 0 bridgehead atoms. The minimum Gasteiger partial charge on any atom is -0.481 e. The normalized spacial score (nSPS) is 10.3. The molecule has 1 rings (SSSR count). The number of unbranched alkanes of at least 4 members (excludes halogenated alkanes) is 2. The largest absolute Gasteiger partial charge is 0.481 e. The first kappa shape index (κ1) is 15.0. The minimum atomic E-state index is -0.778. The molecule has 0 fully saturated rings. The third-order valence-electron chi connectivity index (χ3n) is 2.46. The molecule has 0 saturated carbocycles. The summed E-state index contributed by atoms with van der Waals surface area (Å²) < 4.78 is 0. The lowest BCUT2D eigenvalue weighted by molar-refractivity contribution is -0.137. The predicted octanol–water partition coefficient (Wildman–Crippen LogP) is 3.08. The Labute approximate surface area is 115 Å². The van der Waals surface area contributed by atoms with Gasteiger partial charge in [-0.05, 0) is 30.7 Å². The highest BCUT2D eigenvalue weighted by Gasteiger charge is 2.13. The van der Waals surface area contributed by atoms with Crippen LogP contribution < -0.4 is 5.32 Å². The third-order valence-corrected chi connectivity index (χ3v) is 4.15. The fourth-order valence-electron chi connectivity index (χ4n) is 1.44. The molecular formula is C12H16ClNO3S. The van der Waals surface area contributed by atoms with Crippen LogP contribution in [-0.2, 0) is 4.79 Å². The van der Waals surface area contributed by atoms with Crippen LogP contribution in [0, 0.1) is 6.92 Å². The van der Waals surface area contributed by atoms with E-state index in [-0.39, 0.29) is 12.3 Å². The lowest BCUT2D eigenvalue weighted by Crippen LogP contribution is -2.23. The molecule has 0 aliphatic heterocycles. The van der Waals surface area contributed by atoms with Crippen molar-refractivity contribution in [3.05, 3.63) is 20.8 Å². The van der Waals surface area contributed by atoms with E-state index in [1.165, 1.54) is 11.3 Å². The molecule has 1 amide bonds. The van der Waals surface area contributed by atoms with Gasteiger partial charge >= 0.3 is 5.97 Å². The van der Waals surface area contributed by atoms with E-state index in [0.29, 0.717) is 22.9 Å². The Balaban J connectivity index is 2.22. The molecule has 0 aromatic carbocycles. The zero-order chi connectivity index (χ0) is 13.5. The van der Waals surface area contributed by atoms with Gasteiger partial charge in [0.05, 0.1) is 5.02 Å². The molecule has 1 heterocycles. The Morgan fingerprint density at radius 2 is 2.11 bits per heavy atom. The number of nitrogens with one attached hydrogen (secondary N) is 1. The van der Waals surface area contributed by atoms with E-state index in [9.17, 15) is 9.59 Å². The lowest BCUT2D eigenvalue weighted by atomic mass is 10.2. The predicted molar refractivity (Wildman–Crippen MR) is 72.5 cm³/mol. The average molecular weight is 290 g/mol. The van der Waals surface area contributed by atoms with Gasteiger partial charge in [-0.25, -0.2) is 0 Å². The first-order chi connectivity index (χ1) is 8.52. The van der Waals surface area contributed by atoms with Gasteiger partial charge < -0.3 is 10.4 Å². The van der Waals surface area contributed by atoms with E-state index in [2.05, 4.69) is 5.32 Å². The maximum atomic E-state index is 11.7. The second-order valence-electron chi connectivity index (χ2n) is 4.02. The second kappa shape index (κ2) is 7.38.